The molecule has 0 saturated carbocycles. The molecule has 0 radical (unpaired) electrons. The molecule has 17 amide bonds. The molecule has 15 atom stereocenters. The van der Waals surface area contributed by atoms with E-state index < -0.39 is 229 Å². The Balaban J connectivity index is 1.11. The summed E-state index contributed by atoms with van der Waals surface area (Å²) in [5.41, 5.74) is 26.4. The lowest BCUT2D eigenvalue weighted by Gasteiger charge is -2.36. The minimum absolute atomic E-state index is 0.0102. The number of amides is 17. The quantitative estimate of drug-likeness (QED) is 0.0262. The molecule has 0 bridgehead atoms. The van der Waals surface area contributed by atoms with Gasteiger partial charge in [-0.05, 0) is 122 Å². The fraction of sp³-hybridized carbons (Fsp3) is 0.560. The molecule has 6 heterocycles. The van der Waals surface area contributed by atoms with Crippen molar-refractivity contribution in [1.82, 2.24) is 108 Å². The highest BCUT2D eigenvalue weighted by Gasteiger charge is 2.47. The van der Waals surface area contributed by atoms with Crippen molar-refractivity contribution in [1.29, 1.82) is 0 Å². The Morgan fingerprint density at radius 3 is 1.79 bits per heavy atom. The zero-order chi connectivity index (χ0) is 99.5. The normalized spacial score (nSPS) is 24.8. The van der Waals surface area contributed by atoms with Crippen molar-refractivity contribution in [3.05, 3.63) is 108 Å². The topological polar surface area (TPSA) is 646 Å². The fourth-order valence-corrected chi connectivity index (χ4v) is 17.9. The summed E-state index contributed by atoms with van der Waals surface area (Å²) < 4.78 is 1.83. The summed E-state index contributed by atoms with van der Waals surface area (Å²) in [4.78, 5) is 259. The molecule has 22 N–H and O–H groups in total. The van der Waals surface area contributed by atoms with Crippen LogP contribution in [0.1, 0.15) is 154 Å². The third-order valence-electron chi connectivity index (χ3n) is 24.5. The molecule has 44 nitrogen and oxygen atoms in total. The number of carbonyl (C=O) groups excluding carboxylic acids is 17. The predicted molar refractivity (Wildman–Crippen MR) is 500 cm³/mol. The molecule has 45 heteroatoms. The van der Waals surface area contributed by atoms with Gasteiger partial charge in [0, 0.05) is 106 Å². The molecule has 0 spiro atoms. The summed E-state index contributed by atoms with van der Waals surface area (Å²) in [7, 11) is 4.00. The maximum absolute atomic E-state index is 16.1. The molecule has 3 saturated heterocycles. The molecule has 136 heavy (non-hydrogen) atoms. The van der Waals surface area contributed by atoms with Gasteiger partial charge in [0.25, 0.3) is 0 Å². The summed E-state index contributed by atoms with van der Waals surface area (Å²) in [6.07, 6.45) is 1.61. The van der Waals surface area contributed by atoms with Crippen LogP contribution in [-0.4, -0.2) is 321 Å². The van der Waals surface area contributed by atoms with Gasteiger partial charge in [0.1, 0.15) is 90.3 Å². The lowest BCUT2D eigenvalue weighted by molar-refractivity contribution is -0.149. The third kappa shape index (κ3) is 28.9. The number of aromatic nitrogens is 6. The van der Waals surface area contributed by atoms with Gasteiger partial charge in [-0.15, -0.1) is 16.9 Å². The summed E-state index contributed by atoms with van der Waals surface area (Å²) in [5.74, 6) is -16.8. The van der Waals surface area contributed by atoms with Gasteiger partial charge < -0.3 is 120 Å². The standard InChI is InChI=1S/C91H131N25O19S/c1-11-13-23-70-84(128)100-61(34-49(3)4)81(125)106-68(79(123)97-43-75(95)120)47-136-48-77(121)98-64(36-52-27-29-55(117)30-28-52)87(131)111(8)51(7)78(122)102-66(40-74(94)119)89(133)115-33-19-26-71(115)85(129)105-67(41-93)83(127)103-63(35-50(5)6)90(134)116-45-56(118)39-73(116)86(130)101-62(37-53-42-96-59-22-17-15-20-57(53)59)82(126)99-60(31-32-92)80(124)104-65(88(132)113(10)72(24-14-12-2)91(135)112(70)9)38-54-44-114(46-76-107-109-110-108-76)69-25-18-16-21-58(54)69/h15-18,20-22,25,27-30,42,44,49-51,56,60-68,70-73,96,117-118H,11-14,19,23-24,26,31-41,43,45-48,92-93H2,1-10H3,(H2,94,119)(H2,95,120)(H,97,123)(H,98,121)(H,99,126)(H,100,128)(H,101,130)(H,102,122)(H,103,127)(H,104,124)(H,105,129)(H,106,125)(H,107,108,109,110)/t51-,56+,60-,61-,62-,63-,64-,65-,66-,67-,68-,70-,71-,72-,73-/m0/s1. The molecule has 740 valence electrons. The number of nitrogens with zero attached hydrogens (tertiary/aromatic N) is 9. The second-order valence-corrected chi connectivity index (χ2v) is 36.8. The van der Waals surface area contributed by atoms with E-state index in [1.165, 1.54) is 62.1 Å². The zero-order valence-electron chi connectivity index (χ0n) is 78.4. The highest BCUT2D eigenvalue weighted by Crippen LogP contribution is 2.29. The van der Waals surface area contributed by atoms with Crippen LogP contribution in [-0.2, 0) is 107 Å². The lowest BCUT2D eigenvalue weighted by Crippen LogP contribution is -2.62. The Hall–Kier alpha value is -13.2. The third-order valence-corrected chi connectivity index (χ3v) is 25.5. The second-order valence-electron chi connectivity index (χ2n) is 35.8. The number of H-pyrrole nitrogens is 2. The zero-order valence-corrected chi connectivity index (χ0v) is 79.3. The average molecular weight is 1910 g/mol. The monoisotopic (exact) mass is 1910 g/mol. The number of tetrazole rings is 1. The summed E-state index contributed by atoms with van der Waals surface area (Å²) in [6.45, 7) is 10.1. The molecule has 3 aromatic carbocycles. The molecule has 3 aromatic heterocycles. The van der Waals surface area contributed by atoms with Crippen LogP contribution in [0.25, 0.3) is 21.8 Å². The number of aromatic amines is 2. The Morgan fingerprint density at radius 1 is 0.566 bits per heavy atom. The minimum atomic E-state index is -1.76. The first-order chi connectivity index (χ1) is 64.7. The van der Waals surface area contributed by atoms with Crippen LogP contribution >= 0.6 is 11.8 Å². The van der Waals surface area contributed by atoms with E-state index in [1.807, 2.05) is 30.5 Å². The van der Waals surface area contributed by atoms with E-state index >= 15 is 33.6 Å². The lowest BCUT2D eigenvalue weighted by atomic mass is 9.99. The van der Waals surface area contributed by atoms with Crippen molar-refractivity contribution in [3.8, 4) is 5.75 Å². The summed E-state index contributed by atoms with van der Waals surface area (Å²) >= 11 is 0.796. The van der Waals surface area contributed by atoms with Gasteiger partial charge in [0.2, 0.25) is 100 Å². The van der Waals surface area contributed by atoms with Gasteiger partial charge in [-0.2, -0.15) is 0 Å². The predicted octanol–water partition coefficient (Wildman–Crippen LogP) is -2.76. The van der Waals surface area contributed by atoms with Gasteiger partial charge in [-0.1, -0.05) is 116 Å². The molecule has 6 aromatic rings. The van der Waals surface area contributed by atoms with Crippen molar-refractivity contribution >= 4 is 134 Å². The molecular formula is C91H131N25O19S. The van der Waals surface area contributed by atoms with Crippen LogP contribution in [0.3, 0.4) is 0 Å². The Labute approximate surface area is 791 Å². The van der Waals surface area contributed by atoms with Crippen molar-refractivity contribution in [2.24, 2.45) is 34.8 Å². The van der Waals surface area contributed by atoms with Crippen LogP contribution in [0.4, 0.5) is 0 Å². The number of hydrogen-bond acceptors (Lipinski definition) is 25. The number of phenols is 1. The largest absolute Gasteiger partial charge is 0.508 e. The van der Waals surface area contributed by atoms with Crippen LogP contribution in [0.5, 0.6) is 5.75 Å². The van der Waals surface area contributed by atoms with Crippen LogP contribution in [0, 0.1) is 11.8 Å². The maximum atomic E-state index is 16.1. The maximum Gasteiger partial charge on any atom is 0.246 e. The number of primary amides is 2. The average Bonchev–Trinajstić information content (AvgIpc) is 1.65. The Morgan fingerprint density at radius 2 is 1.13 bits per heavy atom. The van der Waals surface area contributed by atoms with Crippen molar-refractivity contribution in [2.75, 3.05) is 65.4 Å². The number of nitrogens with two attached hydrogens (primary N) is 4. The van der Waals surface area contributed by atoms with Gasteiger partial charge in [0.05, 0.1) is 31.4 Å². The number of likely N-dealkylation sites (N-methyl/N-ethyl adjacent to an activating group) is 3. The van der Waals surface area contributed by atoms with E-state index in [0.717, 1.165) is 26.5 Å². The number of rotatable bonds is 26. The molecule has 9 rings (SSSR count). The molecule has 3 aliphatic heterocycles. The van der Waals surface area contributed by atoms with Gasteiger partial charge in [0.15, 0.2) is 5.82 Å². The van der Waals surface area contributed by atoms with Crippen LogP contribution < -0.4 is 76.1 Å². The minimum Gasteiger partial charge on any atom is -0.508 e. The number of aliphatic hydroxyl groups is 1. The Kier molecular flexibility index (Phi) is 39.5. The van der Waals surface area contributed by atoms with Crippen LogP contribution in [0.15, 0.2) is 85.2 Å². The molecule has 3 fully saturated rings. The van der Waals surface area contributed by atoms with E-state index in [0.29, 0.717) is 70.0 Å². The smallest absolute Gasteiger partial charge is 0.246 e. The van der Waals surface area contributed by atoms with E-state index in [9.17, 15) is 58.2 Å². The van der Waals surface area contributed by atoms with Crippen molar-refractivity contribution < 1.29 is 91.7 Å². The number of carbonyl (C=O) groups is 17. The van der Waals surface area contributed by atoms with Crippen molar-refractivity contribution in [3.63, 3.8) is 0 Å². The van der Waals surface area contributed by atoms with Gasteiger partial charge in [-0.25, -0.2) is 5.10 Å². The first-order valence-corrected chi connectivity index (χ1v) is 47.2. The number of phenolic OH excluding ortho intramolecular Hbond substituents is 1. The number of aliphatic hydroxyl groups excluding tert-OH is 1. The number of para-hydroxylation sites is 2. The van der Waals surface area contributed by atoms with Crippen LogP contribution in [0.2, 0.25) is 0 Å². The number of nitrogens with one attached hydrogen (secondary N) is 12. The van der Waals surface area contributed by atoms with Crippen molar-refractivity contribution in [2.45, 2.75) is 248 Å². The SMILES string of the molecule is CCCC[C@H]1C(=O)N(C)[C@@H](CCCC)C(=O)N[C@@H](CC(C)C)C(=O)N[C@H](C(=O)NCC(N)=O)CSCC(=O)N[C@@H](Cc2ccc(O)cc2)C(=O)N(C)[C@@H](C)C(=O)N[C@@H](CC(N)=O)C(=O)N2CCC[C@H]2C(=O)N[C@@H](CN)C(=O)N[C@@H](CC(C)C)C(=O)N2C[C@H](O)C[C@H]2C(=O)N[C@@H](Cc2c[nH]c3ccccc23)C(=O)N[C@@H](CCN)C(=O)N[C@@H](Cc2cn(Cc3nnn[nH]3)c3ccccc23)C(=O)N1C. The second kappa shape index (κ2) is 50.4. The number of unbranched alkanes of at least 4 members (excludes halogenated alkanes) is 2. The first-order valence-electron chi connectivity index (χ1n) is 46.0. The molecular weight excluding hydrogens is 1780 g/mol. The summed E-state index contributed by atoms with van der Waals surface area (Å²) in [6, 6.07) is -1.26. The Bertz CT molecular complexity index is 5230. The van der Waals surface area contributed by atoms with Gasteiger partial charge >= 0.3 is 0 Å². The first kappa shape index (κ1) is 107. The van der Waals surface area contributed by atoms with E-state index in [1.54, 1.807) is 76.5 Å². The van der Waals surface area contributed by atoms with E-state index in [-0.39, 0.29) is 108 Å². The molecule has 0 unspecified atom stereocenters. The number of benzene rings is 3. The van der Waals surface area contributed by atoms with E-state index in [4.69, 9.17) is 22.9 Å². The number of hydrogen-bond donors (Lipinski definition) is 18. The van der Waals surface area contributed by atoms with Gasteiger partial charge in [-0.3, -0.25) is 81.5 Å². The highest BCUT2D eigenvalue weighted by atomic mass is 32.2. The van der Waals surface area contributed by atoms with E-state index in [2.05, 4.69) is 78.8 Å². The number of thioether (sulfide) groups is 1. The number of aromatic hydroxyl groups is 1. The molecule has 3 aliphatic rings. The highest BCUT2D eigenvalue weighted by molar-refractivity contribution is 8.00. The fourth-order valence-electron chi connectivity index (χ4n) is 17.1. The molecule has 0 aliphatic carbocycles. The number of fused-ring (bicyclic) bond motifs is 4. The summed E-state index contributed by atoms with van der Waals surface area (Å²) in [5, 5.41) is 64.1.